The molecule has 0 N–H and O–H groups in total. The van der Waals surface area contributed by atoms with Gasteiger partial charge in [0.25, 0.3) is 0 Å². The number of anilines is 1. The Morgan fingerprint density at radius 2 is 1.43 bits per heavy atom. The number of rotatable bonds is 3. The van der Waals surface area contributed by atoms with Crippen molar-refractivity contribution in [1.82, 2.24) is 9.29 Å². The van der Waals surface area contributed by atoms with E-state index < -0.39 is 10.0 Å². The minimum atomic E-state index is -3.69. The quantitative estimate of drug-likeness (QED) is 0.573. The van der Waals surface area contributed by atoms with E-state index in [-0.39, 0.29) is 4.90 Å². The van der Waals surface area contributed by atoms with E-state index in [1.807, 2.05) is 23.1 Å². The van der Waals surface area contributed by atoms with Gasteiger partial charge in [0.05, 0.1) is 20.6 Å². The van der Waals surface area contributed by atoms with Gasteiger partial charge < -0.3 is 4.90 Å². The Hall–Kier alpha value is -1.57. The molecule has 1 aromatic heterocycles. The van der Waals surface area contributed by atoms with Crippen molar-refractivity contribution < 1.29 is 8.42 Å². The highest BCUT2D eigenvalue weighted by Crippen LogP contribution is 2.35. The zero-order valence-corrected chi connectivity index (χ0v) is 17.7. The van der Waals surface area contributed by atoms with Gasteiger partial charge in [-0.3, -0.25) is 4.98 Å². The van der Waals surface area contributed by atoms with Gasteiger partial charge in [-0.25, -0.2) is 8.42 Å². The van der Waals surface area contributed by atoms with E-state index in [1.165, 1.54) is 16.7 Å². The molecule has 1 saturated heterocycles. The number of sulfonamides is 1. The third kappa shape index (κ3) is 3.44. The Bertz CT molecular complexity index is 1120. The molecule has 3 aromatic rings. The van der Waals surface area contributed by atoms with Crippen LogP contribution in [0.25, 0.3) is 10.8 Å². The van der Waals surface area contributed by atoms with Crippen molar-refractivity contribution in [1.29, 1.82) is 0 Å². The van der Waals surface area contributed by atoms with E-state index in [9.17, 15) is 8.42 Å². The van der Waals surface area contributed by atoms with Crippen molar-refractivity contribution in [2.45, 2.75) is 4.90 Å². The predicted octanol–water partition coefficient (Wildman–Crippen LogP) is 4.71. The smallest absolute Gasteiger partial charge is 0.243 e. The van der Waals surface area contributed by atoms with Gasteiger partial charge in [0.15, 0.2) is 0 Å². The van der Waals surface area contributed by atoms with Crippen LogP contribution in [0.15, 0.2) is 53.7 Å². The largest absolute Gasteiger partial charge is 0.366 e. The third-order valence-electron chi connectivity index (χ3n) is 4.82. The second kappa shape index (κ2) is 7.69. The first-order valence-corrected chi connectivity index (χ1v) is 11.2. The van der Waals surface area contributed by atoms with Crippen molar-refractivity contribution >= 4 is 61.3 Å². The summed E-state index contributed by atoms with van der Waals surface area (Å²) in [6, 6.07) is 10.6. The van der Waals surface area contributed by atoms with Gasteiger partial charge in [0, 0.05) is 49.0 Å². The normalized spacial score (nSPS) is 15.9. The molecule has 2 aromatic carbocycles. The van der Waals surface area contributed by atoms with Gasteiger partial charge in [-0.2, -0.15) is 4.31 Å². The molecule has 0 atom stereocenters. The van der Waals surface area contributed by atoms with Gasteiger partial charge >= 0.3 is 0 Å². The number of nitrogens with zero attached hydrogens (tertiary/aromatic N) is 3. The molecule has 0 aliphatic carbocycles. The fourth-order valence-electron chi connectivity index (χ4n) is 3.47. The van der Waals surface area contributed by atoms with Gasteiger partial charge in [-0.05, 0) is 17.5 Å². The van der Waals surface area contributed by atoms with Crippen molar-refractivity contribution in [2.24, 2.45) is 0 Å². The molecule has 0 radical (unpaired) electrons. The maximum Gasteiger partial charge on any atom is 0.243 e. The predicted molar refractivity (Wildman–Crippen MR) is 114 cm³/mol. The maximum absolute atomic E-state index is 13.3. The number of piperazine rings is 1. The highest BCUT2D eigenvalue weighted by atomic mass is 35.5. The fourth-order valence-corrected chi connectivity index (χ4v) is 6.08. The van der Waals surface area contributed by atoms with E-state index >= 15 is 0 Å². The van der Waals surface area contributed by atoms with Gasteiger partial charge in [0.2, 0.25) is 10.0 Å². The Kier molecular flexibility index (Phi) is 5.42. The van der Waals surface area contributed by atoms with E-state index in [0.717, 1.165) is 5.39 Å². The number of fused-ring (bicyclic) bond motifs is 1. The fraction of sp³-hybridized carbons (Fsp3) is 0.211. The molecule has 0 unspecified atom stereocenters. The van der Waals surface area contributed by atoms with Crippen LogP contribution >= 0.6 is 34.8 Å². The van der Waals surface area contributed by atoms with E-state index in [2.05, 4.69) is 4.98 Å². The number of hydrogen-bond acceptors (Lipinski definition) is 4. The minimum absolute atomic E-state index is 0.226. The standard InChI is InChI=1S/C19H16Cl3N3O2S/c20-14-5-1-3-13-4-2-6-17(18(13)14)28(26,27)25-9-7-24(8-10-25)19-15(21)11-23-12-16(19)22/h1-6,11-12H,7-10H2. The Morgan fingerprint density at radius 3 is 2.07 bits per heavy atom. The first-order valence-electron chi connectivity index (χ1n) is 8.61. The topological polar surface area (TPSA) is 53.5 Å². The second-order valence-corrected chi connectivity index (χ2v) is 9.56. The maximum atomic E-state index is 13.3. The summed E-state index contributed by atoms with van der Waals surface area (Å²) in [5.41, 5.74) is 0.684. The highest BCUT2D eigenvalue weighted by Gasteiger charge is 2.31. The summed E-state index contributed by atoms with van der Waals surface area (Å²) in [7, 11) is -3.69. The average molecular weight is 457 g/mol. The van der Waals surface area contributed by atoms with E-state index in [1.54, 1.807) is 18.2 Å². The number of hydrogen-bond donors (Lipinski definition) is 0. The number of benzene rings is 2. The van der Waals surface area contributed by atoms with Crippen LogP contribution in [0, 0.1) is 0 Å². The molecule has 28 heavy (non-hydrogen) atoms. The SMILES string of the molecule is O=S(=O)(c1cccc2cccc(Cl)c12)N1CCN(c2c(Cl)cncc2Cl)CC1. The summed E-state index contributed by atoms with van der Waals surface area (Å²) in [5.74, 6) is 0. The minimum Gasteiger partial charge on any atom is -0.366 e. The molecule has 1 aliphatic rings. The van der Waals surface area contributed by atoms with Crippen molar-refractivity contribution in [3.63, 3.8) is 0 Å². The molecule has 0 saturated carbocycles. The zero-order valence-electron chi connectivity index (χ0n) is 14.6. The molecule has 5 nitrogen and oxygen atoms in total. The van der Waals surface area contributed by atoms with E-state index in [4.69, 9.17) is 34.8 Å². The van der Waals surface area contributed by atoms with Crippen LogP contribution in [0.4, 0.5) is 5.69 Å². The average Bonchev–Trinajstić information content (AvgIpc) is 2.68. The van der Waals surface area contributed by atoms with Crippen molar-refractivity contribution in [3.05, 3.63) is 63.9 Å². The second-order valence-electron chi connectivity index (χ2n) is 6.44. The molecule has 1 fully saturated rings. The molecule has 4 rings (SSSR count). The van der Waals surface area contributed by atoms with Crippen LogP contribution < -0.4 is 4.90 Å². The summed E-state index contributed by atoms with van der Waals surface area (Å²) in [6.07, 6.45) is 3.06. The summed E-state index contributed by atoms with van der Waals surface area (Å²) in [5, 5.41) is 2.66. The molecule has 0 spiro atoms. The summed E-state index contributed by atoms with van der Waals surface area (Å²) in [6.45, 7) is 1.58. The van der Waals surface area contributed by atoms with E-state index in [0.29, 0.717) is 52.3 Å². The van der Waals surface area contributed by atoms with Crippen molar-refractivity contribution in [3.8, 4) is 0 Å². The molecule has 2 heterocycles. The van der Waals surface area contributed by atoms with Crippen molar-refractivity contribution in [2.75, 3.05) is 31.1 Å². The van der Waals surface area contributed by atoms with Gasteiger partial charge in [-0.15, -0.1) is 0 Å². The third-order valence-corrected chi connectivity index (χ3v) is 7.63. The van der Waals surface area contributed by atoms with Crippen LogP contribution in [0.2, 0.25) is 15.1 Å². The molecule has 0 amide bonds. The summed E-state index contributed by atoms with van der Waals surface area (Å²) < 4.78 is 28.1. The lowest BCUT2D eigenvalue weighted by atomic mass is 10.1. The van der Waals surface area contributed by atoms with Crippen LogP contribution in [-0.4, -0.2) is 43.9 Å². The molecule has 1 aliphatic heterocycles. The van der Waals surface area contributed by atoms with Gasteiger partial charge in [0.1, 0.15) is 0 Å². The van der Waals surface area contributed by atoms with Crippen LogP contribution in [0.1, 0.15) is 0 Å². The Morgan fingerprint density at radius 1 is 0.821 bits per heavy atom. The summed E-state index contributed by atoms with van der Waals surface area (Å²) >= 11 is 18.8. The lowest BCUT2D eigenvalue weighted by Crippen LogP contribution is -2.48. The first-order chi connectivity index (χ1) is 13.4. The lowest BCUT2D eigenvalue weighted by molar-refractivity contribution is 0.385. The number of pyridine rings is 1. The molecule has 9 heteroatoms. The van der Waals surface area contributed by atoms with Gasteiger partial charge in [-0.1, -0.05) is 59.1 Å². The molecular formula is C19H16Cl3N3O2S. The lowest BCUT2D eigenvalue weighted by Gasteiger charge is -2.36. The Balaban J connectivity index is 1.63. The van der Waals surface area contributed by atoms with Crippen LogP contribution in [0.3, 0.4) is 0 Å². The number of aromatic nitrogens is 1. The van der Waals surface area contributed by atoms with Crippen LogP contribution in [0.5, 0.6) is 0 Å². The molecule has 146 valence electrons. The first kappa shape index (κ1) is 19.7. The highest BCUT2D eigenvalue weighted by molar-refractivity contribution is 7.89. The zero-order chi connectivity index (χ0) is 19.9. The van der Waals surface area contributed by atoms with Crippen LogP contribution in [-0.2, 0) is 10.0 Å². The monoisotopic (exact) mass is 455 g/mol. The molecular weight excluding hydrogens is 441 g/mol. The number of halogens is 3. The Labute approximate surface area is 178 Å². The molecule has 0 bridgehead atoms. The summed E-state index contributed by atoms with van der Waals surface area (Å²) in [4.78, 5) is 6.17.